The molecular weight excluding hydrogens is 704 g/mol. The summed E-state index contributed by atoms with van der Waals surface area (Å²) in [5.41, 5.74) is 5.04. The van der Waals surface area contributed by atoms with E-state index < -0.39 is 37.1 Å². The Hall–Kier alpha value is -4.09. The van der Waals surface area contributed by atoms with Crippen LogP contribution in [0, 0.1) is 0 Å². The summed E-state index contributed by atoms with van der Waals surface area (Å²) in [5, 5.41) is 34.4. The van der Waals surface area contributed by atoms with Crippen LogP contribution in [0.3, 0.4) is 0 Å². The fourth-order valence-electron chi connectivity index (χ4n) is 6.21. The second-order valence-electron chi connectivity index (χ2n) is 13.6. The molecule has 1 aliphatic carbocycles. The van der Waals surface area contributed by atoms with E-state index in [0.717, 1.165) is 46.4 Å². The Balaban J connectivity index is 1.27. The summed E-state index contributed by atoms with van der Waals surface area (Å²) in [4.78, 5) is 0. The second kappa shape index (κ2) is 20.6. The summed E-state index contributed by atoms with van der Waals surface area (Å²) >= 11 is 6.75. The number of ether oxygens (including phenoxy) is 5. The highest BCUT2D eigenvalue weighted by Gasteiger charge is 2.41. The molecular formula is C45H49ClO8. The van der Waals surface area contributed by atoms with E-state index in [-0.39, 0.29) is 19.8 Å². The number of aliphatic hydroxyl groups is 3. The predicted molar refractivity (Wildman–Crippen MR) is 208 cm³/mol. The van der Waals surface area contributed by atoms with Gasteiger partial charge in [-0.3, -0.25) is 0 Å². The zero-order chi connectivity index (χ0) is 37.5. The highest BCUT2D eigenvalue weighted by atomic mass is 35.5. The lowest BCUT2D eigenvalue weighted by Gasteiger charge is -2.38. The molecule has 0 spiro atoms. The molecule has 3 N–H and O–H groups in total. The Labute approximate surface area is 322 Å². The van der Waals surface area contributed by atoms with Crippen molar-refractivity contribution in [3.63, 3.8) is 0 Å². The maximum atomic E-state index is 12.3. The standard InChI is InChI=1S/C45H49ClO8/c46-40-23-18-36(27-37(40)26-32-16-19-38(20-17-32)50-24-25-51-39-21-22-39)42(49)44(53-30-34-12-6-2-7-13-34)45(54-31-35-14-8-3-9-15-35)43(41(48)28-47)52-29-33-10-4-1-5-11-33/h1-20,23,27,39,41-45,47-49H,21-22,24-26,28-31H2/t41?,42?,43-,44+,45+/m1/s1. The summed E-state index contributed by atoms with van der Waals surface area (Å²) in [7, 11) is 0. The van der Waals surface area contributed by atoms with Crippen molar-refractivity contribution in [2.75, 3.05) is 19.8 Å². The number of benzene rings is 5. The number of rotatable bonds is 22. The third-order valence-corrected chi connectivity index (χ3v) is 9.71. The van der Waals surface area contributed by atoms with E-state index in [2.05, 4.69) is 0 Å². The lowest BCUT2D eigenvalue weighted by atomic mass is 9.92. The molecule has 8 nitrogen and oxygen atoms in total. The monoisotopic (exact) mass is 752 g/mol. The first-order valence-corrected chi connectivity index (χ1v) is 18.9. The van der Waals surface area contributed by atoms with Crippen LogP contribution in [0.1, 0.15) is 52.3 Å². The maximum absolute atomic E-state index is 12.3. The van der Waals surface area contributed by atoms with Crippen LogP contribution in [0.4, 0.5) is 0 Å². The van der Waals surface area contributed by atoms with Crippen molar-refractivity contribution in [2.24, 2.45) is 0 Å². The van der Waals surface area contributed by atoms with Gasteiger partial charge in [0.25, 0.3) is 0 Å². The molecule has 5 aromatic rings. The Morgan fingerprint density at radius 1 is 0.593 bits per heavy atom. The van der Waals surface area contributed by atoms with Gasteiger partial charge in [0.2, 0.25) is 0 Å². The minimum atomic E-state index is -1.34. The van der Waals surface area contributed by atoms with Crippen LogP contribution in [0.5, 0.6) is 5.75 Å². The first kappa shape index (κ1) is 39.6. The molecule has 9 heteroatoms. The van der Waals surface area contributed by atoms with Crippen LogP contribution in [0.25, 0.3) is 0 Å². The first-order chi connectivity index (χ1) is 26.5. The Morgan fingerprint density at radius 3 is 1.67 bits per heavy atom. The van der Waals surface area contributed by atoms with Crippen LogP contribution in [0.15, 0.2) is 133 Å². The smallest absolute Gasteiger partial charge is 0.119 e. The number of hydrogen-bond acceptors (Lipinski definition) is 8. The van der Waals surface area contributed by atoms with Crippen molar-refractivity contribution >= 4 is 11.6 Å². The van der Waals surface area contributed by atoms with Gasteiger partial charge in [0, 0.05) is 5.02 Å². The van der Waals surface area contributed by atoms with Crippen LogP contribution < -0.4 is 4.74 Å². The summed E-state index contributed by atoms with van der Waals surface area (Å²) in [6.07, 6.45) is -2.57. The van der Waals surface area contributed by atoms with Crippen LogP contribution in [-0.4, -0.2) is 65.7 Å². The van der Waals surface area contributed by atoms with Gasteiger partial charge in [-0.15, -0.1) is 0 Å². The fourth-order valence-corrected chi connectivity index (χ4v) is 6.39. The summed E-state index contributed by atoms with van der Waals surface area (Å²) in [6.45, 7) is 0.915. The van der Waals surface area contributed by atoms with Gasteiger partial charge in [0.15, 0.2) is 0 Å². The molecule has 0 aromatic heterocycles. The average Bonchev–Trinajstić information content (AvgIpc) is 4.05. The van der Waals surface area contributed by atoms with E-state index in [4.69, 9.17) is 35.3 Å². The maximum Gasteiger partial charge on any atom is 0.119 e. The molecule has 54 heavy (non-hydrogen) atoms. The topological polar surface area (TPSA) is 107 Å². The normalized spacial score (nSPS) is 15.6. The Kier molecular flexibility index (Phi) is 15.1. The van der Waals surface area contributed by atoms with E-state index in [1.165, 1.54) is 0 Å². The van der Waals surface area contributed by atoms with E-state index in [1.54, 1.807) is 12.1 Å². The molecule has 5 aromatic carbocycles. The Morgan fingerprint density at radius 2 is 1.13 bits per heavy atom. The largest absolute Gasteiger partial charge is 0.491 e. The average molecular weight is 753 g/mol. The van der Waals surface area contributed by atoms with Crippen molar-refractivity contribution in [1.82, 2.24) is 0 Å². The van der Waals surface area contributed by atoms with E-state index in [0.29, 0.717) is 36.3 Å². The van der Waals surface area contributed by atoms with Crippen LogP contribution in [0.2, 0.25) is 5.02 Å². The number of halogens is 1. The van der Waals surface area contributed by atoms with Crippen molar-refractivity contribution in [2.45, 2.75) is 75.7 Å². The molecule has 0 bridgehead atoms. The zero-order valence-electron chi connectivity index (χ0n) is 30.3. The summed E-state index contributed by atoms with van der Waals surface area (Å²) in [5.74, 6) is 0.766. The Bertz CT molecular complexity index is 1810. The van der Waals surface area contributed by atoms with Crippen LogP contribution in [-0.2, 0) is 45.2 Å². The van der Waals surface area contributed by atoms with Gasteiger partial charge in [-0.05, 0) is 70.8 Å². The molecule has 0 saturated heterocycles. The van der Waals surface area contributed by atoms with E-state index >= 15 is 0 Å². The van der Waals surface area contributed by atoms with Crippen LogP contribution >= 0.6 is 11.6 Å². The minimum Gasteiger partial charge on any atom is -0.491 e. The van der Waals surface area contributed by atoms with Gasteiger partial charge < -0.3 is 39.0 Å². The SMILES string of the molecule is OCC(O)[C@@H](OCc1ccccc1)[C@H](OCc1ccccc1)[C@@H](OCc1ccccc1)C(O)c1ccc(Cl)c(Cc2ccc(OCCOC3CC3)cc2)c1. The second-order valence-corrected chi connectivity index (χ2v) is 14.0. The molecule has 1 fully saturated rings. The van der Waals surface area contributed by atoms with Crippen molar-refractivity contribution in [1.29, 1.82) is 0 Å². The molecule has 284 valence electrons. The van der Waals surface area contributed by atoms with Gasteiger partial charge >= 0.3 is 0 Å². The summed E-state index contributed by atoms with van der Waals surface area (Å²) < 4.78 is 31.0. The molecule has 2 unspecified atom stereocenters. The predicted octanol–water partition coefficient (Wildman–Crippen LogP) is 7.63. The van der Waals surface area contributed by atoms with Gasteiger partial charge in [-0.25, -0.2) is 0 Å². The van der Waals surface area contributed by atoms with E-state index in [1.807, 2.05) is 121 Å². The lowest BCUT2D eigenvalue weighted by Crippen LogP contribution is -2.51. The third-order valence-electron chi connectivity index (χ3n) is 9.34. The fraction of sp³-hybridized carbons (Fsp3) is 0.333. The van der Waals surface area contributed by atoms with Crippen molar-refractivity contribution in [3.8, 4) is 5.75 Å². The molecule has 1 aliphatic rings. The molecule has 0 aliphatic heterocycles. The third kappa shape index (κ3) is 12.0. The summed E-state index contributed by atoms with van der Waals surface area (Å²) in [6, 6.07) is 42.1. The van der Waals surface area contributed by atoms with Gasteiger partial charge in [0.1, 0.15) is 42.9 Å². The molecule has 0 amide bonds. The number of aliphatic hydroxyl groups excluding tert-OH is 3. The first-order valence-electron chi connectivity index (χ1n) is 18.5. The molecule has 0 heterocycles. The molecule has 1 saturated carbocycles. The number of hydrogen-bond donors (Lipinski definition) is 3. The van der Waals surface area contributed by atoms with Crippen molar-refractivity contribution < 1.29 is 39.0 Å². The zero-order valence-corrected chi connectivity index (χ0v) is 31.0. The highest BCUT2D eigenvalue weighted by Crippen LogP contribution is 2.32. The molecule has 5 atom stereocenters. The highest BCUT2D eigenvalue weighted by molar-refractivity contribution is 6.31. The van der Waals surface area contributed by atoms with Gasteiger partial charge in [0.05, 0.1) is 39.1 Å². The quantitative estimate of drug-likeness (QED) is 0.0620. The van der Waals surface area contributed by atoms with E-state index in [9.17, 15) is 15.3 Å². The lowest BCUT2D eigenvalue weighted by molar-refractivity contribution is -0.204. The minimum absolute atomic E-state index is 0.137. The van der Waals surface area contributed by atoms with Crippen molar-refractivity contribution in [3.05, 3.63) is 172 Å². The molecule has 0 radical (unpaired) electrons. The molecule has 6 rings (SSSR count). The van der Waals surface area contributed by atoms with Gasteiger partial charge in [-0.1, -0.05) is 127 Å². The van der Waals surface area contributed by atoms with Gasteiger partial charge in [-0.2, -0.15) is 0 Å².